The summed E-state index contributed by atoms with van der Waals surface area (Å²) in [5, 5.41) is 6.79. The van der Waals surface area contributed by atoms with Crippen LogP contribution in [0.5, 0.6) is 0 Å². The Morgan fingerprint density at radius 2 is 1.88 bits per heavy atom. The molecule has 0 saturated heterocycles. The summed E-state index contributed by atoms with van der Waals surface area (Å²) in [5.41, 5.74) is 1.05. The van der Waals surface area contributed by atoms with Gasteiger partial charge in [-0.05, 0) is 46.8 Å². The van der Waals surface area contributed by atoms with Gasteiger partial charge < -0.3 is 15.1 Å². The molecule has 0 bridgehead atoms. The van der Waals surface area contributed by atoms with Gasteiger partial charge in [-0.25, -0.2) is 4.99 Å². The molecule has 1 aromatic rings. The lowest BCUT2D eigenvalue weighted by molar-refractivity contribution is 0.178. The van der Waals surface area contributed by atoms with Crippen LogP contribution in [-0.4, -0.2) is 49.1 Å². The van der Waals surface area contributed by atoms with Gasteiger partial charge in [0.05, 0.1) is 12.8 Å². The van der Waals surface area contributed by atoms with E-state index in [4.69, 9.17) is 4.42 Å². The van der Waals surface area contributed by atoms with Gasteiger partial charge in [0.1, 0.15) is 5.76 Å². The second kappa shape index (κ2) is 10.9. The van der Waals surface area contributed by atoms with Crippen LogP contribution in [0.15, 0.2) is 40.0 Å². The van der Waals surface area contributed by atoms with Gasteiger partial charge in [0.15, 0.2) is 5.96 Å². The van der Waals surface area contributed by atoms with Crippen molar-refractivity contribution >= 4 is 5.96 Å². The maximum atomic E-state index is 5.36. The summed E-state index contributed by atoms with van der Waals surface area (Å²) in [7, 11) is 0. The molecule has 0 aliphatic carbocycles. The monoisotopic (exact) mass is 334 g/mol. The Morgan fingerprint density at radius 3 is 2.42 bits per heavy atom. The quantitative estimate of drug-likeness (QED) is 0.392. The molecule has 0 radical (unpaired) electrons. The van der Waals surface area contributed by atoms with Crippen LogP contribution in [0.2, 0.25) is 0 Å². The van der Waals surface area contributed by atoms with Gasteiger partial charge in [0.2, 0.25) is 0 Å². The fraction of sp³-hybridized carbons (Fsp3) is 0.632. The minimum absolute atomic E-state index is 0.537. The SMILES string of the molecule is C=C(C)CN=C(NCCc1ccco1)NCCN(C(C)C)C(C)C. The molecule has 5 nitrogen and oxygen atoms in total. The summed E-state index contributed by atoms with van der Waals surface area (Å²) in [4.78, 5) is 7.04. The molecule has 1 rings (SSSR count). The van der Waals surface area contributed by atoms with Crippen LogP contribution >= 0.6 is 0 Å². The molecule has 0 spiro atoms. The van der Waals surface area contributed by atoms with Crippen LogP contribution in [0.25, 0.3) is 0 Å². The Kier molecular flexibility index (Phi) is 9.23. The lowest BCUT2D eigenvalue weighted by atomic mass is 10.2. The van der Waals surface area contributed by atoms with Gasteiger partial charge in [-0.3, -0.25) is 4.90 Å². The van der Waals surface area contributed by atoms with E-state index in [0.29, 0.717) is 18.6 Å². The molecule has 0 amide bonds. The van der Waals surface area contributed by atoms with Crippen molar-refractivity contribution in [2.24, 2.45) is 4.99 Å². The lowest BCUT2D eigenvalue weighted by Gasteiger charge is -2.30. The van der Waals surface area contributed by atoms with Gasteiger partial charge in [0, 0.05) is 38.1 Å². The largest absolute Gasteiger partial charge is 0.469 e. The summed E-state index contributed by atoms with van der Waals surface area (Å²) in [6.45, 7) is 18.1. The third-order valence-electron chi connectivity index (χ3n) is 3.74. The zero-order valence-electron chi connectivity index (χ0n) is 15.9. The van der Waals surface area contributed by atoms with Crippen molar-refractivity contribution in [1.82, 2.24) is 15.5 Å². The first-order chi connectivity index (χ1) is 11.4. The summed E-state index contributed by atoms with van der Waals surface area (Å²) >= 11 is 0. The molecule has 2 N–H and O–H groups in total. The normalized spacial score (nSPS) is 12.2. The number of rotatable bonds is 10. The third kappa shape index (κ3) is 8.20. The maximum absolute atomic E-state index is 5.36. The number of nitrogens with one attached hydrogen (secondary N) is 2. The van der Waals surface area contributed by atoms with Crippen molar-refractivity contribution in [1.29, 1.82) is 0 Å². The van der Waals surface area contributed by atoms with Crippen LogP contribution in [0.1, 0.15) is 40.4 Å². The van der Waals surface area contributed by atoms with E-state index in [2.05, 4.69) is 54.8 Å². The molecule has 1 heterocycles. The van der Waals surface area contributed by atoms with Crippen molar-refractivity contribution in [2.45, 2.75) is 53.1 Å². The van der Waals surface area contributed by atoms with Gasteiger partial charge >= 0.3 is 0 Å². The van der Waals surface area contributed by atoms with Crippen LogP contribution in [0.3, 0.4) is 0 Å². The Hall–Kier alpha value is -1.75. The first kappa shape index (κ1) is 20.3. The lowest BCUT2D eigenvalue weighted by Crippen LogP contribution is -2.45. The fourth-order valence-electron chi connectivity index (χ4n) is 2.56. The molecule has 0 fully saturated rings. The van der Waals surface area contributed by atoms with Gasteiger partial charge in [-0.2, -0.15) is 0 Å². The number of hydrogen-bond donors (Lipinski definition) is 2. The molecule has 0 aliphatic rings. The van der Waals surface area contributed by atoms with E-state index in [0.717, 1.165) is 43.3 Å². The van der Waals surface area contributed by atoms with Crippen molar-refractivity contribution in [3.05, 3.63) is 36.3 Å². The van der Waals surface area contributed by atoms with Gasteiger partial charge in [0.25, 0.3) is 0 Å². The fourth-order valence-corrected chi connectivity index (χ4v) is 2.56. The Balaban J connectivity index is 2.46. The molecule has 0 unspecified atom stereocenters. The van der Waals surface area contributed by atoms with Crippen LogP contribution in [-0.2, 0) is 6.42 Å². The number of guanidine groups is 1. The van der Waals surface area contributed by atoms with E-state index in [9.17, 15) is 0 Å². The van der Waals surface area contributed by atoms with Crippen molar-refractivity contribution < 1.29 is 4.42 Å². The highest BCUT2D eigenvalue weighted by Crippen LogP contribution is 2.03. The molecule has 136 valence electrons. The molecule has 1 aromatic heterocycles. The van der Waals surface area contributed by atoms with Gasteiger partial charge in [-0.1, -0.05) is 12.2 Å². The van der Waals surface area contributed by atoms with E-state index >= 15 is 0 Å². The first-order valence-corrected chi connectivity index (χ1v) is 8.84. The van der Waals surface area contributed by atoms with E-state index in [1.54, 1.807) is 6.26 Å². The van der Waals surface area contributed by atoms with E-state index in [1.165, 1.54) is 0 Å². The molecular formula is C19H34N4O. The highest BCUT2D eigenvalue weighted by Gasteiger charge is 2.12. The maximum Gasteiger partial charge on any atom is 0.191 e. The van der Waals surface area contributed by atoms with Crippen molar-refractivity contribution in [2.75, 3.05) is 26.2 Å². The molecule has 0 saturated carbocycles. The summed E-state index contributed by atoms with van der Waals surface area (Å²) in [6.07, 6.45) is 2.54. The summed E-state index contributed by atoms with van der Waals surface area (Å²) in [6, 6.07) is 4.98. The second-order valence-electron chi connectivity index (χ2n) is 6.73. The predicted molar refractivity (Wildman–Crippen MR) is 103 cm³/mol. The summed E-state index contributed by atoms with van der Waals surface area (Å²) < 4.78 is 5.36. The van der Waals surface area contributed by atoms with Crippen molar-refractivity contribution in [3.63, 3.8) is 0 Å². The Morgan fingerprint density at radius 1 is 1.21 bits per heavy atom. The molecule has 24 heavy (non-hydrogen) atoms. The van der Waals surface area contributed by atoms with E-state index < -0.39 is 0 Å². The average Bonchev–Trinajstić information content (AvgIpc) is 3.00. The number of nitrogens with zero attached hydrogens (tertiary/aromatic N) is 2. The number of aliphatic imine (C=N–C) groups is 1. The topological polar surface area (TPSA) is 52.8 Å². The van der Waals surface area contributed by atoms with E-state index in [-0.39, 0.29) is 0 Å². The zero-order valence-corrected chi connectivity index (χ0v) is 15.9. The highest BCUT2D eigenvalue weighted by atomic mass is 16.3. The molecular weight excluding hydrogens is 300 g/mol. The highest BCUT2D eigenvalue weighted by molar-refractivity contribution is 5.79. The van der Waals surface area contributed by atoms with E-state index in [1.807, 2.05) is 19.1 Å². The number of furan rings is 1. The van der Waals surface area contributed by atoms with Crippen molar-refractivity contribution in [3.8, 4) is 0 Å². The standard InChI is InChI=1S/C19H34N4O/c1-15(2)14-22-19(20-10-9-18-8-7-13-24-18)21-11-12-23(16(3)4)17(5)6/h7-8,13,16-17H,1,9-12,14H2,2-6H3,(H2,20,21,22). The van der Waals surface area contributed by atoms with Gasteiger partial charge in [-0.15, -0.1) is 0 Å². The first-order valence-electron chi connectivity index (χ1n) is 8.84. The van der Waals surface area contributed by atoms with Crippen LogP contribution in [0, 0.1) is 0 Å². The third-order valence-corrected chi connectivity index (χ3v) is 3.74. The van der Waals surface area contributed by atoms with Crippen LogP contribution in [0.4, 0.5) is 0 Å². The summed E-state index contributed by atoms with van der Waals surface area (Å²) in [5.74, 6) is 1.81. The Bertz CT molecular complexity index is 483. The Labute approximate surface area is 147 Å². The predicted octanol–water partition coefficient (Wildman–Crippen LogP) is 3.05. The average molecular weight is 335 g/mol. The van der Waals surface area contributed by atoms with Crippen LogP contribution < -0.4 is 10.6 Å². The molecule has 0 aromatic carbocycles. The molecule has 5 heteroatoms. The molecule has 0 aliphatic heterocycles. The minimum atomic E-state index is 0.537. The molecule has 0 atom stereocenters. The minimum Gasteiger partial charge on any atom is -0.469 e. The smallest absolute Gasteiger partial charge is 0.191 e. The number of hydrogen-bond acceptors (Lipinski definition) is 3. The zero-order chi connectivity index (χ0) is 17.9. The second-order valence-corrected chi connectivity index (χ2v) is 6.73.